The van der Waals surface area contributed by atoms with E-state index in [-0.39, 0.29) is 13.1 Å². The minimum atomic E-state index is -1.12. The highest BCUT2D eigenvalue weighted by Crippen LogP contribution is 2.20. The predicted octanol–water partition coefficient (Wildman–Crippen LogP) is -0.360. The molecule has 1 heterocycles. The van der Waals surface area contributed by atoms with Crippen LogP contribution < -0.4 is 5.32 Å². The van der Waals surface area contributed by atoms with Gasteiger partial charge in [-0.15, -0.1) is 0 Å². The van der Waals surface area contributed by atoms with E-state index in [9.17, 15) is 19.2 Å². The van der Waals surface area contributed by atoms with Crippen LogP contribution in [-0.4, -0.2) is 63.9 Å². The first-order valence-corrected chi connectivity index (χ1v) is 6.32. The van der Waals surface area contributed by atoms with Crippen molar-refractivity contribution in [3.63, 3.8) is 0 Å². The third-order valence-corrected chi connectivity index (χ3v) is 3.16. The summed E-state index contributed by atoms with van der Waals surface area (Å²) >= 11 is 0. The Kier molecular flexibility index (Phi) is 4.69. The molecule has 1 aliphatic heterocycles. The van der Waals surface area contributed by atoms with Gasteiger partial charge in [-0.2, -0.15) is 0 Å². The molecule has 1 rings (SSSR count). The van der Waals surface area contributed by atoms with Crippen LogP contribution in [0, 0.1) is 0 Å². The van der Waals surface area contributed by atoms with Crippen LogP contribution in [0.5, 0.6) is 0 Å². The molecule has 0 aromatic heterocycles. The van der Waals surface area contributed by atoms with Crippen molar-refractivity contribution >= 4 is 23.8 Å². The van der Waals surface area contributed by atoms with Gasteiger partial charge in [-0.25, -0.2) is 4.79 Å². The first-order chi connectivity index (χ1) is 9.20. The van der Waals surface area contributed by atoms with Gasteiger partial charge in [0.2, 0.25) is 5.91 Å². The number of aliphatic carboxylic acids is 1. The second kappa shape index (κ2) is 5.89. The van der Waals surface area contributed by atoms with Crippen molar-refractivity contribution in [2.75, 3.05) is 19.6 Å². The number of nitrogens with one attached hydrogen (secondary N) is 1. The van der Waals surface area contributed by atoms with Gasteiger partial charge in [-0.3, -0.25) is 19.7 Å². The molecule has 0 unspecified atom stereocenters. The van der Waals surface area contributed by atoms with E-state index in [4.69, 9.17) is 5.11 Å². The van der Waals surface area contributed by atoms with Crippen LogP contribution in [0.1, 0.15) is 27.2 Å². The molecule has 0 atom stereocenters. The fourth-order valence-electron chi connectivity index (χ4n) is 1.92. The summed E-state index contributed by atoms with van der Waals surface area (Å²) in [6.07, 6.45) is 0.605. The average Bonchev–Trinajstić information content (AvgIpc) is 2.51. The first kappa shape index (κ1) is 15.9. The van der Waals surface area contributed by atoms with Crippen molar-refractivity contribution < 1.29 is 24.3 Å². The molecule has 0 saturated carbocycles. The highest BCUT2D eigenvalue weighted by molar-refractivity contribution is 6.07. The van der Waals surface area contributed by atoms with Crippen LogP contribution in [0.15, 0.2) is 0 Å². The van der Waals surface area contributed by atoms with Crippen molar-refractivity contribution in [1.82, 2.24) is 15.1 Å². The summed E-state index contributed by atoms with van der Waals surface area (Å²) in [5.74, 6) is -2.09. The number of imide groups is 1. The number of rotatable bonds is 6. The third kappa shape index (κ3) is 3.25. The zero-order chi connectivity index (χ0) is 15.5. The number of carboxylic acid groups (broad SMARTS) is 1. The molecule has 0 bridgehead atoms. The van der Waals surface area contributed by atoms with E-state index in [1.807, 2.05) is 6.92 Å². The maximum absolute atomic E-state index is 12.1. The van der Waals surface area contributed by atoms with Crippen LogP contribution in [-0.2, 0) is 14.4 Å². The van der Waals surface area contributed by atoms with Crippen molar-refractivity contribution in [3.05, 3.63) is 0 Å². The van der Waals surface area contributed by atoms with Gasteiger partial charge in [0.15, 0.2) is 0 Å². The first-order valence-electron chi connectivity index (χ1n) is 6.32. The zero-order valence-corrected chi connectivity index (χ0v) is 11.8. The Morgan fingerprint density at radius 2 is 1.95 bits per heavy atom. The summed E-state index contributed by atoms with van der Waals surface area (Å²) in [6, 6.07) is -0.639. The number of amides is 4. The second-order valence-electron chi connectivity index (χ2n) is 5.11. The Morgan fingerprint density at radius 1 is 1.35 bits per heavy atom. The third-order valence-electron chi connectivity index (χ3n) is 3.16. The fraction of sp³-hybridized carbons (Fsp3) is 0.667. The van der Waals surface area contributed by atoms with Crippen molar-refractivity contribution in [2.45, 2.75) is 32.7 Å². The number of hydrogen-bond acceptors (Lipinski definition) is 4. The molecule has 2 N–H and O–H groups in total. The average molecular weight is 285 g/mol. The van der Waals surface area contributed by atoms with E-state index in [0.717, 1.165) is 9.80 Å². The molecule has 0 spiro atoms. The Balaban J connectivity index is 2.79. The van der Waals surface area contributed by atoms with Gasteiger partial charge in [0.25, 0.3) is 5.91 Å². The number of nitrogens with zero attached hydrogens (tertiary/aromatic N) is 2. The summed E-state index contributed by atoms with van der Waals surface area (Å²) in [4.78, 5) is 48.3. The quantitative estimate of drug-likeness (QED) is 0.648. The van der Waals surface area contributed by atoms with Gasteiger partial charge < -0.3 is 14.9 Å². The number of hydrogen-bond donors (Lipinski definition) is 2. The summed E-state index contributed by atoms with van der Waals surface area (Å²) in [5.41, 5.74) is -1.12. The highest BCUT2D eigenvalue weighted by atomic mass is 16.4. The smallest absolute Gasteiger partial charge is 0.325 e. The molecule has 0 aromatic carbocycles. The Hall–Kier alpha value is -2.12. The molecule has 1 saturated heterocycles. The topological polar surface area (TPSA) is 107 Å². The summed E-state index contributed by atoms with van der Waals surface area (Å²) < 4.78 is 0. The van der Waals surface area contributed by atoms with E-state index in [0.29, 0.717) is 6.42 Å². The lowest BCUT2D eigenvalue weighted by atomic mass is 10.0. The molecular weight excluding hydrogens is 266 g/mol. The molecule has 4 amide bonds. The molecule has 112 valence electrons. The Labute approximate surface area is 116 Å². The van der Waals surface area contributed by atoms with E-state index in [2.05, 4.69) is 5.32 Å². The van der Waals surface area contributed by atoms with Crippen LogP contribution in [0.25, 0.3) is 0 Å². The summed E-state index contributed by atoms with van der Waals surface area (Å²) in [5, 5.41) is 10.9. The summed E-state index contributed by atoms with van der Waals surface area (Å²) in [6.45, 7) is 4.42. The van der Waals surface area contributed by atoms with E-state index < -0.39 is 35.9 Å². The number of carboxylic acids is 1. The van der Waals surface area contributed by atoms with E-state index in [1.54, 1.807) is 0 Å². The molecule has 0 aromatic rings. The van der Waals surface area contributed by atoms with Gasteiger partial charge in [0.05, 0.1) is 0 Å². The molecule has 8 heteroatoms. The van der Waals surface area contributed by atoms with E-state index >= 15 is 0 Å². The highest BCUT2D eigenvalue weighted by Gasteiger charge is 2.46. The van der Waals surface area contributed by atoms with Gasteiger partial charge >= 0.3 is 12.0 Å². The molecule has 0 aliphatic carbocycles. The fourth-order valence-corrected chi connectivity index (χ4v) is 1.92. The lowest BCUT2D eigenvalue weighted by Gasteiger charge is -2.29. The molecule has 1 aliphatic rings. The van der Waals surface area contributed by atoms with Crippen molar-refractivity contribution in [2.24, 2.45) is 0 Å². The van der Waals surface area contributed by atoms with Crippen LogP contribution in [0.3, 0.4) is 0 Å². The largest absolute Gasteiger partial charge is 0.480 e. The van der Waals surface area contributed by atoms with Gasteiger partial charge in [0.1, 0.15) is 18.6 Å². The van der Waals surface area contributed by atoms with Crippen LogP contribution >= 0.6 is 0 Å². The zero-order valence-electron chi connectivity index (χ0n) is 11.8. The number of carbonyl (C=O) groups excluding carboxylic acids is 3. The molecule has 20 heavy (non-hydrogen) atoms. The van der Waals surface area contributed by atoms with Gasteiger partial charge in [-0.1, -0.05) is 6.92 Å². The van der Waals surface area contributed by atoms with Crippen LogP contribution in [0.4, 0.5) is 4.79 Å². The van der Waals surface area contributed by atoms with Crippen LogP contribution in [0.2, 0.25) is 0 Å². The Bertz CT molecular complexity index is 446. The predicted molar refractivity (Wildman–Crippen MR) is 68.8 cm³/mol. The number of carbonyl (C=O) groups is 4. The summed E-state index contributed by atoms with van der Waals surface area (Å²) in [7, 11) is 0. The second-order valence-corrected chi connectivity index (χ2v) is 5.11. The van der Waals surface area contributed by atoms with Gasteiger partial charge in [-0.05, 0) is 20.3 Å². The normalized spacial score (nSPS) is 17.1. The van der Waals surface area contributed by atoms with Crippen molar-refractivity contribution in [3.8, 4) is 0 Å². The molecule has 8 nitrogen and oxygen atoms in total. The lowest BCUT2D eigenvalue weighted by Crippen LogP contribution is -2.50. The van der Waals surface area contributed by atoms with E-state index in [1.165, 1.54) is 13.8 Å². The maximum Gasteiger partial charge on any atom is 0.325 e. The SMILES string of the molecule is CCCN(CC(=O)O)C(=O)CN1C(=O)NC(=O)C1(C)C. The van der Waals surface area contributed by atoms with Crippen molar-refractivity contribution in [1.29, 1.82) is 0 Å². The van der Waals surface area contributed by atoms with Gasteiger partial charge in [0, 0.05) is 6.54 Å². The number of urea groups is 1. The minimum absolute atomic E-state index is 0.287. The minimum Gasteiger partial charge on any atom is -0.480 e. The standard InChI is InChI=1S/C12H19N3O5/c1-4-5-14(7-9(17)18)8(16)6-15-11(20)13-10(19)12(15,2)3/h4-7H2,1-3H3,(H,17,18)(H,13,19,20). The molecular formula is C12H19N3O5. The Morgan fingerprint density at radius 3 is 2.35 bits per heavy atom. The lowest BCUT2D eigenvalue weighted by molar-refractivity contribution is -0.145. The molecule has 0 radical (unpaired) electrons. The monoisotopic (exact) mass is 285 g/mol. The molecule has 1 fully saturated rings. The maximum atomic E-state index is 12.1.